The third kappa shape index (κ3) is 4.45. The maximum absolute atomic E-state index is 12.5. The molecule has 0 saturated carbocycles. The molecule has 2 aliphatic heterocycles. The Hall–Kier alpha value is -2.57. The Labute approximate surface area is 179 Å². The molecule has 0 radical (unpaired) electrons. The van der Waals surface area contributed by atoms with Crippen LogP contribution in [0.15, 0.2) is 48.5 Å². The van der Waals surface area contributed by atoms with E-state index in [9.17, 15) is 4.79 Å². The number of nitrogens with zero attached hydrogens (tertiary/aromatic N) is 2. The first kappa shape index (κ1) is 20.7. The Bertz CT molecular complexity index is 864. The van der Waals surface area contributed by atoms with Crippen molar-refractivity contribution in [2.45, 2.75) is 32.2 Å². The molecule has 6 heteroatoms. The van der Waals surface area contributed by atoms with Gasteiger partial charge >= 0.3 is 6.03 Å². The fraction of sp³-hybridized carbons (Fsp3) is 0.458. The Morgan fingerprint density at radius 1 is 1.07 bits per heavy atom. The minimum Gasteiger partial charge on any atom is -0.379 e. The van der Waals surface area contributed by atoms with Gasteiger partial charge in [-0.05, 0) is 55.7 Å². The van der Waals surface area contributed by atoms with Crippen molar-refractivity contribution >= 4 is 23.1 Å². The SMILES string of the molecule is CC[C@@](C)(CNC(=O)Nc1ccc(N2CCc3ccccc32)cc1)N1CCOCC1. The summed E-state index contributed by atoms with van der Waals surface area (Å²) in [6.07, 6.45) is 2.04. The summed E-state index contributed by atoms with van der Waals surface area (Å²) < 4.78 is 5.47. The molecule has 0 bridgehead atoms. The van der Waals surface area contributed by atoms with Crippen LogP contribution in [-0.2, 0) is 11.2 Å². The lowest BCUT2D eigenvalue weighted by Gasteiger charge is -2.43. The van der Waals surface area contributed by atoms with Crippen LogP contribution in [0.4, 0.5) is 21.9 Å². The lowest BCUT2D eigenvalue weighted by molar-refractivity contribution is -0.0163. The number of hydrogen-bond donors (Lipinski definition) is 2. The van der Waals surface area contributed by atoms with Gasteiger partial charge in [0.05, 0.1) is 13.2 Å². The molecule has 0 aliphatic carbocycles. The minimum absolute atomic E-state index is 0.0614. The van der Waals surface area contributed by atoms with E-state index >= 15 is 0 Å². The van der Waals surface area contributed by atoms with Crippen molar-refractivity contribution < 1.29 is 9.53 Å². The van der Waals surface area contributed by atoms with Crippen LogP contribution in [-0.4, -0.2) is 55.9 Å². The highest BCUT2D eigenvalue weighted by molar-refractivity contribution is 5.89. The Morgan fingerprint density at radius 3 is 2.53 bits per heavy atom. The lowest BCUT2D eigenvalue weighted by atomic mass is 9.95. The van der Waals surface area contributed by atoms with Crippen LogP contribution in [0.5, 0.6) is 0 Å². The molecule has 2 aromatic carbocycles. The standard InChI is InChI=1S/C24H32N4O2/c1-3-24(2,27-14-16-30-17-15-27)18-25-23(29)26-20-8-10-21(11-9-20)28-13-12-19-6-4-5-7-22(19)28/h4-11H,3,12-18H2,1-2H3,(H2,25,26,29)/t24-/m0/s1. The zero-order valence-corrected chi connectivity index (χ0v) is 18.0. The topological polar surface area (TPSA) is 56.8 Å². The molecule has 1 saturated heterocycles. The molecule has 2 amide bonds. The molecule has 4 rings (SSSR count). The predicted molar refractivity (Wildman–Crippen MR) is 122 cm³/mol. The van der Waals surface area contributed by atoms with Gasteiger partial charge in [-0.2, -0.15) is 0 Å². The number of para-hydroxylation sites is 1. The van der Waals surface area contributed by atoms with Crippen LogP contribution in [0, 0.1) is 0 Å². The first-order valence-electron chi connectivity index (χ1n) is 10.9. The summed E-state index contributed by atoms with van der Waals surface area (Å²) in [7, 11) is 0. The number of carbonyl (C=O) groups is 1. The summed E-state index contributed by atoms with van der Waals surface area (Å²) in [6.45, 7) is 9.32. The van der Waals surface area contributed by atoms with Crippen molar-refractivity contribution in [3.8, 4) is 0 Å². The van der Waals surface area contributed by atoms with Gasteiger partial charge < -0.3 is 20.3 Å². The van der Waals surface area contributed by atoms with Crippen molar-refractivity contribution in [1.82, 2.24) is 10.2 Å². The Kier molecular flexibility index (Phi) is 6.25. The maximum Gasteiger partial charge on any atom is 0.319 e. The smallest absolute Gasteiger partial charge is 0.319 e. The first-order chi connectivity index (χ1) is 14.6. The number of rotatable bonds is 6. The zero-order valence-electron chi connectivity index (χ0n) is 18.0. The van der Waals surface area contributed by atoms with E-state index < -0.39 is 0 Å². The van der Waals surface area contributed by atoms with Crippen LogP contribution < -0.4 is 15.5 Å². The number of carbonyl (C=O) groups excluding carboxylic acids is 1. The molecule has 2 heterocycles. The highest BCUT2D eigenvalue weighted by Crippen LogP contribution is 2.34. The number of urea groups is 1. The Balaban J connectivity index is 1.33. The highest BCUT2D eigenvalue weighted by Gasteiger charge is 2.31. The summed E-state index contributed by atoms with van der Waals surface area (Å²) in [5, 5.41) is 6.03. The van der Waals surface area contributed by atoms with Gasteiger partial charge in [-0.1, -0.05) is 25.1 Å². The fourth-order valence-corrected chi connectivity index (χ4v) is 4.34. The van der Waals surface area contributed by atoms with Crippen LogP contribution in [0.1, 0.15) is 25.8 Å². The van der Waals surface area contributed by atoms with E-state index in [2.05, 4.69) is 70.7 Å². The quantitative estimate of drug-likeness (QED) is 0.759. The largest absolute Gasteiger partial charge is 0.379 e. The Morgan fingerprint density at radius 2 is 1.80 bits per heavy atom. The number of ether oxygens (including phenoxy) is 1. The molecule has 1 atom stereocenters. The number of benzene rings is 2. The number of amides is 2. The van der Waals surface area contributed by atoms with Gasteiger partial charge in [0.15, 0.2) is 0 Å². The second-order valence-corrected chi connectivity index (χ2v) is 8.33. The summed E-state index contributed by atoms with van der Waals surface area (Å²) in [4.78, 5) is 17.2. The van der Waals surface area contributed by atoms with E-state index in [-0.39, 0.29) is 11.6 Å². The van der Waals surface area contributed by atoms with Gasteiger partial charge in [0.1, 0.15) is 0 Å². The molecular formula is C24H32N4O2. The summed E-state index contributed by atoms with van der Waals surface area (Å²) in [5.74, 6) is 0. The zero-order chi connectivity index (χ0) is 21.0. The third-order valence-electron chi connectivity index (χ3n) is 6.49. The van der Waals surface area contributed by atoms with Gasteiger partial charge in [-0.25, -0.2) is 4.79 Å². The number of morpholine rings is 1. The van der Waals surface area contributed by atoms with Gasteiger partial charge in [0, 0.05) is 48.8 Å². The molecule has 1 fully saturated rings. The third-order valence-corrected chi connectivity index (χ3v) is 6.49. The van der Waals surface area contributed by atoms with E-state index in [1.807, 2.05) is 12.1 Å². The van der Waals surface area contributed by atoms with E-state index in [4.69, 9.17) is 4.74 Å². The van der Waals surface area contributed by atoms with Gasteiger partial charge in [-0.15, -0.1) is 0 Å². The average molecular weight is 409 g/mol. The number of anilines is 3. The molecule has 0 spiro atoms. The summed E-state index contributed by atoms with van der Waals surface area (Å²) in [6, 6.07) is 16.4. The molecule has 2 aliphatic rings. The summed E-state index contributed by atoms with van der Waals surface area (Å²) >= 11 is 0. The molecule has 2 N–H and O–H groups in total. The summed E-state index contributed by atoms with van der Waals surface area (Å²) in [5.41, 5.74) is 4.55. The predicted octanol–water partition coefficient (Wildman–Crippen LogP) is 4.00. The van der Waals surface area contributed by atoms with Gasteiger partial charge in [0.25, 0.3) is 0 Å². The van der Waals surface area contributed by atoms with Crippen molar-refractivity contribution in [1.29, 1.82) is 0 Å². The molecule has 0 aromatic heterocycles. The highest BCUT2D eigenvalue weighted by atomic mass is 16.5. The van der Waals surface area contributed by atoms with E-state index in [0.717, 1.165) is 57.1 Å². The van der Waals surface area contributed by atoms with E-state index in [1.165, 1.54) is 11.3 Å². The van der Waals surface area contributed by atoms with Crippen LogP contribution in [0.3, 0.4) is 0 Å². The fourth-order valence-electron chi connectivity index (χ4n) is 4.34. The van der Waals surface area contributed by atoms with Gasteiger partial charge in [-0.3, -0.25) is 4.90 Å². The molecule has 30 heavy (non-hydrogen) atoms. The second-order valence-electron chi connectivity index (χ2n) is 8.33. The molecule has 160 valence electrons. The van der Waals surface area contributed by atoms with Crippen molar-refractivity contribution in [3.63, 3.8) is 0 Å². The van der Waals surface area contributed by atoms with Crippen LogP contribution in [0.25, 0.3) is 0 Å². The normalized spacial score (nSPS) is 18.5. The molecular weight excluding hydrogens is 376 g/mol. The monoisotopic (exact) mass is 408 g/mol. The van der Waals surface area contributed by atoms with E-state index in [0.29, 0.717) is 6.54 Å². The van der Waals surface area contributed by atoms with Gasteiger partial charge in [0.2, 0.25) is 0 Å². The lowest BCUT2D eigenvalue weighted by Crippen LogP contribution is -2.57. The molecule has 0 unspecified atom stereocenters. The van der Waals surface area contributed by atoms with Crippen LogP contribution >= 0.6 is 0 Å². The number of hydrogen-bond acceptors (Lipinski definition) is 4. The molecule has 6 nitrogen and oxygen atoms in total. The minimum atomic E-state index is -0.165. The van der Waals surface area contributed by atoms with Crippen LogP contribution in [0.2, 0.25) is 0 Å². The second kappa shape index (κ2) is 9.06. The average Bonchev–Trinajstić information content (AvgIpc) is 3.23. The number of fused-ring (bicyclic) bond motifs is 1. The first-order valence-corrected chi connectivity index (χ1v) is 10.9. The maximum atomic E-state index is 12.5. The van der Waals surface area contributed by atoms with Crippen molar-refractivity contribution in [3.05, 3.63) is 54.1 Å². The van der Waals surface area contributed by atoms with E-state index in [1.54, 1.807) is 0 Å². The number of nitrogens with one attached hydrogen (secondary N) is 2. The van der Waals surface area contributed by atoms with Crippen molar-refractivity contribution in [2.24, 2.45) is 0 Å². The molecule has 2 aromatic rings. The van der Waals surface area contributed by atoms with Crippen molar-refractivity contribution in [2.75, 3.05) is 49.6 Å².